The molecule has 3 rings (SSSR count). The lowest BCUT2D eigenvalue weighted by Crippen LogP contribution is -2.30. The molecule has 1 aliphatic rings. The number of alkyl halides is 3. The van der Waals surface area contributed by atoms with E-state index in [-0.39, 0.29) is 11.5 Å². The van der Waals surface area contributed by atoms with E-state index in [2.05, 4.69) is 25.2 Å². The molecule has 0 spiro atoms. The molecule has 0 atom stereocenters. The van der Waals surface area contributed by atoms with Gasteiger partial charge < -0.3 is 9.64 Å². The number of benzene rings is 1. The molecule has 0 saturated carbocycles. The molecule has 2 aromatic rings. The van der Waals surface area contributed by atoms with Crippen LogP contribution in [0.4, 0.5) is 25.1 Å². The van der Waals surface area contributed by atoms with Crippen LogP contribution < -0.4 is 15.0 Å². The van der Waals surface area contributed by atoms with Crippen LogP contribution >= 0.6 is 0 Å². The van der Waals surface area contributed by atoms with Crippen LogP contribution in [0.1, 0.15) is 29.6 Å². The summed E-state index contributed by atoms with van der Waals surface area (Å²) >= 11 is 0. The number of nitrogens with one attached hydrogen (secondary N) is 2. The number of hydrogen-bond acceptors (Lipinski definition) is 5. The number of rotatable bonds is 4. The second-order valence-corrected chi connectivity index (χ2v) is 5.56. The fraction of sp³-hybridized carbons (Fsp3) is 0.400. The quantitative estimate of drug-likeness (QED) is 0.881. The van der Waals surface area contributed by atoms with Crippen molar-refractivity contribution in [2.45, 2.75) is 25.6 Å². The van der Waals surface area contributed by atoms with Crippen molar-refractivity contribution in [2.75, 3.05) is 23.3 Å². The third kappa shape index (κ3) is 4.61. The summed E-state index contributed by atoms with van der Waals surface area (Å²) in [7, 11) is 0. The molecule has 7 nitrogen and oxygen atoms in total. The normalized spacial score (nSPS) is 15.1. The number of ether oxygens (including phenoxy) is 1. The standard InChI is InChI=1S/C15H16F3N5O2/c16-15(17,18)25-11-6-4-10(5-7-11)12(24)19-13-20-14(22-21-13)23-8-2-1-3-9-23/h4-7H,1-3,8-9H2,(H2,19,20,21,22,24). The fourth-order valence-electron chi connectivity index (χ4n) is 2.53. The number of nitrogens with zero attached hydrogens (tertiary/aromatic N) is 3. The molecule has 1 fully saturated rings. The van der Waals surface area contributed by atoms with Gasteiger partial charge >= 0.3 is 6.36 Å². The van der Waals surface area contributed by atoms with Gasteiger partial charge in [-0.1, -0.05) is 0 Å². The lowest BCUT2D eigenvalue weighted by molar-refractivity contribution is -0.274. The maximum absolute atomic E-state index is 12.1. The highest BCUT2D eigenvalue weighted by molar-refractivity contribution is 6.03. The van der Waals surface area contributed by atoms with E-state index in [9.17, 15) is 18.0 Å². The number of amides is 1. The van der Waals surface area contributed by atoms with Gasteiger partial charge in [0, 0.05) is 18.7 Å². The van der Waals surface area contributed by atoms with E-state index >= 15 is 0 Å². The topological polar surface area (TPSA) is 83.1 Å². The third-order valence-electron chi connectivity index (χ3n) is 3.69. The minimum atomic E-state index is -4.77. The molecule has 0 bridgehead atoms. The molecule has 134 valence electrons. The van der Waals surface area contributed by atoms with Gasteiger partial charge in [-0.2, -0.15) is 4.98 Å². The van der Waals surface area contributed by atoms with E-state index in [1.807, 2.05) is 4.90 Å². The van der Waals surface area contributed by atoms with Crippen LogP contribution in [-0.4, -0.2) is 40.5 Å². The highest BCUT2D eigenvalue weighted by atomic mass is 19.4. The van der Waals surface area contributed by atoms with Gasteiger partial charge in [0.1, 0.15) is 5.75 Å². The minimum Gasteiger partial charge on any atom is -0.406 e. The number of carbonyl (C=O) groups is 1. The molecule has 0 radical (unpaired) electrons. The van der Waals surface area contributed by atoms with Crippen LogP contribution in [0.5, 0.6) is 5.75 Å². The van der Waals surface area contributed by atoms with Crippen molar-refractivity contribution in [2.24, 2.45) is 0 Å². The Balaban J connectivity index is 1.61. The second kappa shape index (κ2) is 6.99. The smallest absolute Gasteiger partial charge is 0.406 e. The number of piperidine rings is 1. The van der Waals surface area contributed by atoms with Gasteiger partial charge in [-0.15, -0.1) is 18.3 Å². The number of carbonyl (C=O) groups excluding carboxylic acids is 1. The molecule has 10 heteroatoms. The number of H-pyrrole nitrogens is 1. The Hall–Kier alpha value is -2.78. The molecule has 2 heterocycles. The molecule has 1 aromatic carbocycles. The van der Waals surface area contributed by atoms with E-state index in [1.54, 1.807) is 0 Å². The Morgan fingerprint density at radius 3 is 2.48 bits per heavy atom. The first-order valence-electron chi connectivity index (χ1n) is 7.75. The summed E-state index contributed by atoms with van der Waals surface area (Å²) in [6, 6.07) is 4.61. The van der Waals surface area contributed by atoms with Crippen molar-refractivity contribution in [3.05, 3.63) is 29.8 Å². The number of aromatic amines is 1. The SMILES string of the molecule is O=C(Nc1nc(N2CCCCC2)n[nH]1)c1ccc(OC(F)(F)F)cc1. The predicted octanol–water partition coefficient (Wildman–Crippen LogP) is 2.95. The van der Waals surface area contributed by atoms with E-state index in [0.29, 0.717) is 5.95 Å². The highest BCUT2D eigenvalue weighted by Gasteiger charge is 2.31. The summed E-state index contributed by atoms with van der Waals surface area (Å²) < 4.78 is 40.1. The largest absolute Gasteiger partial charge is 0.573 e. The maximum atomic E-state index is 12.1. The molecule has 0 aliphatic carbocycles. The van der Waals surface area contributed by atoms with Gasteiger partial charge in [-0.05, 0) is 43.5 Å². The van der Waals surface area contributed by atoms with Gasteiger partial charge in [-0.3, -0.25) is 10.1 Å². The molecule has 1 aromatic heterocycles. The van der Waals surface area contributed by atoms with Crippen LogP contribution in [0.3, 0.4) is 0 Å². The summed E-state index contributed by atoms with van der Waals surface area (Å²) in [5.74, 6) is -0.207. The fourth-order valence-corrected chi connectivity index (χ4v) is 2.53. The molecule has 0 unspecified atom stereocenters. The molecular formula is C15H16F3N5O2. The van der Waals surface area contributed by atoms with Gasteiger partial charge in [-0.25, -0.2) is 5.10 Å². The summed E-state index contributed by atoms with van der Waals surface area (Å²) in [4.78, 5) is 18.4. The van der Waals surface area contributed by atoms with Crippen molar-refractivity contribution < 1.29 is 22.7 Å². The Morgan fingerprint density at radius 2 is 1.84 bits per heavy atom. The van der Waals surface area contributed by atoms with Crippen LogP contribution in [-0.2, 0) is 0 Å². The monoisotopic (exact) mass is 355 g/mol. The van der Waals surface area contributed by atoms with Gasteiger partial charge in [0.05, 0.1) is 0 Å². The number of halogens is 3. The zero-order valence-electron chi connectivity index (χ0n) is 13.1. The number of anilines is 2. The lowest BCUT2D eigenvalue weighted by Gasteiger charge is -2.24. The highest BCUT2D eigenvalue weighted by Crippen LogP contribution is 2.23. The summed E-state index contributed by atoms with van der Waals surface area (Å²) in [6.07, 6.45) is -1.45. The molecular weight excluding hydrogens is 339 g/mol. The zero-order chi connectivity index (χ0) is 17.9. The zero-order valence-corrected chi connectivity index (χ0v) is 13.1. The summed E-state index contributed by atoms with van der Waals surface area (Å²) in [6.45, 7) is 1.73. The van der Waals surface area contributed by atoms with Crippen LogP contribution in [0.25, 0.3) is 0 Å². The van der Waals surface area contributed by atoms with Crippen molar-refractivity contribution in [3.8, 4) is 5.75 Å². The van der Waals surface area contributed by atoms with Gasteiger partial charge in [0.2, 0.25) is 11.9 Å². The maximum Gasteiger partial charge on any atom is 0.573 e. The molecule has 25 heavy (non-hydrogen) atoms. The second-order valence-electron chi connectivity index (χ2n) is 5.56. The summed E-state index contributed by atoms with van der Waals surface area (Å²) in [5, 5.41) is 9.24. The Labute approximate surface area is 141 Å². The van der Waals surface area contributed by atoms with Gasteiger partial charge in [0.25, 0.3) is 5.91 Å². The third-order valence-corrected chi connectivity index (χ3v) is 3.69. The first-order chi connectivity index (χ1) is 11.9. The van der Waals surface area contributed by atoms with Crippen molar-refractivity contribution in [1.82, 2.24) is 15.2 Å². The molecule has 2 N–H and O–H groups in total. The Morgan fingerprint density at radius 1 is 1.16 bits per heavy atom. The number of aromatic nitrogens is 3. The van der Waals surface area contributed by atoms with E-state index in [4.69, 9.17) is 0 Å². The van der Waals surface area contributed by atoms with Crippen LogP contribution in [0.2, 0.25) is 0 Å². The van der Waals surface area contributed by atoms with E-state index in [1.165, 1.54) is 18.6 Å². The minimum absolute atomic E-state index is 0.172. The predicted molar refractivity (Wildman–Crippen MR) is 83.5 cm³/mol. The average molecular weight is 355 g/mol. The van der Waals surface area contributed by atoms with E-state index < -0.39 is 18.0 Å². The van der Waals surface area contributed by atoms with Crippen molar-refractivity contribution >= 4 is 17.8 Å². The van der Waals surface area contributed by atoms with Gasteiger partial charge in [0.15, 0.2) is 0 Å². The summed E-state index contributed by atoms with van der Waals surface area (Å²) in [5.41, 5.74) is 0.172. The average Bonchev–Trinajstić information content (AvgIpc) is 3.03. The first kappa shape index (κ1) is 17.1. The molecule has 1 aliphatic heterocycles. The van der Waals surface area contributed by atoms with Crippen LogP contribution in [0.15, 0.2) is 24.3 Å². The first-order valence-corrected chi connectivity index (χ1v) is 7.75. The molecule has 1 saturated heterocycles. The molecule has 1 amide bonds. The van der Waals surface area contributed by atoms with Crippen LogP contribution in [0, 0.1) is 0 Å². The Kier molecular flexibility index (Phi) is 4.77. The number of hydrogen-bond donors (Lipinski definition) is 2. The Bertz CT molecular complexity index is 724. The van der Waals surface area contributed by atoms with E-state index in [0.717, 1.165) is 38.1 Å². The lowest BCUT2D eigenvalue weighted by atomic mass is 10.1. The van der Waals surface area contributed by atoms with Crippen molar-refractivity contribution in [1.29, 1.82) is 0 Å². The van der Waals surface area contributed by atoms with Crippen molar-refractivity contribution in [3.63, 3.8) is 0 Å².